The van der Waals surface area contributed by atoms with Crippen molar-refractivity contribution in [2.24, 2.45) is 0 Å². The molecule has 0 aliphatic heterocycles. The number of thiophene rings is 1. The van der Waals surface area contributed by atoms with Crippen molar-refractivity contribution >= 4 is 56.2 Å². The Balaban J connectivity index is 2.06. The second-order valence-corrected chi connectivity index (χ2v) is 10.8. The monoisotopic (exact) mass is 510 g/mol. The van der Waals surface area contributed by atoms with Crippen LogP contribution in [-0.2, 0) is 10.0 Å². The summed E-state index contributed by atoms with van der Waals surface area (Å²) in [7, 11) is -4.25. The molecule has 0 aliphatic rings. The van der Waals surface area contributed by atoms with E-state index in [4.69, 9.17) is 21.5 Å². The average Bonchev–Trinajstić information content (AvgIpc) is 3.22. The van der Waals surface area contributed by atoms with Crippen LogP contribution < -0.4 is 10.0 Å². The predicted molar refractivity (Wildman–Crippen MR) is 129 cm³/mol. The van der Waals surface area contributed by atoms with Crippen LogP contribution in [0.2, 0.25) is 5.02 Å². The van der Waals surface area contributed by atoms with E-state index in [0.29, 0.717) is 32.9 Å². The number of nitrogens with zero attached hydrogens (tertiary/aromatic N) is 1. The topological polar surface area (TPSA) is 145 Å². The largest absolute Gasteiger partial charge is 0.390 e. The highest BCUT2D eigenvalue weighted by atomic mass is 35.5. The predicted octanol–water partition coefficient (Wildman–Crippen LogP) is 4.34. The molecule has 1 aromatic carbocycles. The fourth-order valence-corrected chi connectivity index (χ4v) is 6.32. The Morgan fingerprint density at radius 2 is 1.91 bits per heavy atom. The number of hydrogen-bond acceptors (Lipinski definition) is 8. The summed E-state index contributed by atoms with van der Waals surface area (Å²) in [6, 6.07) is 3.50. The lowest BCUT2D eigenvalue weighted by atomic mass is 10.0. The van der Waals surface area contributed by atoms with E-state index >= 15 is 0 Å². The molecule has 4 N–H and O–H groups in total. The van der Waals surface area contributed by atoms with Crippen molar-refractivity contribution in [1.82, 2.24) is 5.16 Å². The van der Waals surface area contributed by atoms with Crippen LogP contribution in [0.4, 0.5) is 11.6 Å². The van der Waals surface area contributed by atoms with Crippen LogP contribution in [-0.4, -0.2) is 36.9 Å². The Kier molecular flexibility index (Phi) is 6.99. The smallest absolute Gasteiger partial charge is 0.267 e. The highest BCUT2D eigenvalue weighted by molar-refractivity contribution is 7.93. The van der Waals surface area contributed by atoms with E-state index < -0.39 is 22.5 Å². The molecule has 0 spiro atoms. The molecule has 0 aliphatic carbocycles. The maximum absolute atomic E-state index is 13.3. The van der Waals surface area contributed by atoms with Gasteiger partial charge in [0.15, 0.2) is 0 Å². The van der Waals surface area contributed by atoms with Gasteiger partial charge in [0.2, 0.25) is 0 Å². The normalized spacial score (nSPS) is 11.5. The number of carbonyl (C=O) groups is 1. The zero-order valence-corrected chi connectivity index (χ0v) is 21.0. The van der Waals surface area contributed by atoms with Gasteiger partial charge < -0.3 is 20.4 Å². The third kappa shape index (κ3) is 4.81. The van der Waals surface area contributed by atoms with E-state index in [2.05, 4.69) is 15.2 Å². The molecule has 12 heteroatoms. The number of anilines is 2. The molecule has 2 heterocycles. The third-order valence-electron chi connectivity index (χ3n) is 5.02. The minimum Gasteiger partial charge on any atom is -0.390 e. The van der Waals surface area contributed by atoms with Gasteiger partial charge in [-0.3, -0.25) is 4.79 Å². The molecule has 1 amide bonds. The van der Waals surface area contributed by atoms with Gasteiger partial charge in [-0.2, -0.15) is 0 Å². The third-order valence-corrected chi connectivity index (χ3v) is 8.31. The lowest BCUT2D eigenvalue weighted by Gasteiger charge is -2.16. The average molecular weight is 511 g/mol. The molecule has 0 unspecified atom stereocenters. The first-order valence-electron chi connectivity index (χ1n) is 9.73. The second-order valence-electron chi connectivity index (χ2n) is 7.55. The SMILES string of the molecule is Cc1cc(C)c(NC(=O)c2sc(C)c(C)c2S(=O)(=O)Nc2onc(C)c2Cl)c(C(=N)CO)c1. The fourth-order valence-electron chi connectivity index (χ4n) is 3.30. The second kappa shape index (κ2) is 9.26. The summed E-state index contributed by atoms with van der Waals surface area (Å²) in [5, 5.41) is 23.9. The number of aryl methyl sites for hydroxylation is 4. The lowest BCUT2D eigenvalue weighted by molar-refractivity contribution is 0.102. The summed E-state index contributed by atoms with van der Waals surface area (Å²) in [4.78, 5) is 13.7. The zero-order chi connectivity index (χ0) is 24.7. The quantitative estimate of drug-likeness (QED) is 0.348. The molecule has 0 fully saturated rings. The van der Waals surface area contributed by atoms with Gasteiger partial charge in [-0.25, -0.2) is 13.1 Å². The Morgan fingerprint density at radius 3 is 2.48 bits per heavy atom. The molecule has 3 rings (SSSR count). The number of hydrogen-bond donors (Lipinski definition) is 4. The summed E-state index contributed by atoms with van der Waals surface area (Å²) >= 11 is 7.08. The van der Waals surface area contributed by atoms with Gasteiger partial charge in [-0.15, -0.1) is 11.3 Å². The lowest BCUT2D eigenvalue weighted by Crippen LogP contribution is -2.21. The Labute approximate surface area is 200 Å². The van der Waals surface area contributed by atoms with Crippen LogP contribution >= 0.6 is 22.9 Å². The Morgan fingerprint density at radius 1 is 1.24 bits per heavy atom. The first-order valence-corrected chi connectivity index (χ1v) is 12.4. The van der Waals surface area contributed by atoms with Gasteiger partial charge in [0.25, 0.3) is 21.8 Å². The number of halogens is 1. The molecule has 0 radical (unpaired) electrons. The first kappa shape index (κ1) is 24.9. The van der Waals surface area contributed by atoms with Gasteiger partial charge >= 0.3 is 0 Å². The van der Waals surface area contributed by atoms with Crippen LogP contribution in [0, 0.1) is 40.0 Å². The van der Waals surface area contributed by atoms with E-state index in [9.17, 15) is 18.3 Å². The number of amides is 1. The van der Waals surface area contributed by atoms with Crippen molar-refractivity contribution in [1.29, 1.82) is 5.41 Å². The molecule has 33 heavy (non-hydrogen) atoms. The number of rotatable bonds is 7. The summed E-state index contributed by atoms with van der Waals surface area (Å²) in [6.07, 6.45) is 0. The van der Waals surface area contributed by atoms with Crippen molar-refractivity contribution in [2.75, 3.05) is 16.6 Å². The van der Waals surface area contributed by atoms with Crippen LogP contribution in [0.5, 0.6) is 0 Å². The van der Waals surface area contributed by atoms with Crippen molar-refractivity contribution in [3.05, 3.63) is 54.9 Å². The van der Waals surface area contributed by atoms with Crippen LogP contribution in [0.1, 0.15) is 42.5 Å². The number of carbonyl (C=O) groups excluding carboxylic acids is 1. The van der Waals surface area contributed by atoms with Crippen LogP contribution in [0.15, 0.2) is 21.6 Å². The molecule has 0 atom stereocenters. The molecule has 3 aromatic rings. The van der Waals surface area contributed by atoms with Crippen molar-refractivity contribution in [2.45, 2.75) is 39.5 Å². The molecule has 9 nitrogen and oxygen atoms in total. The maximum atomic E-state index is 13.3. The molecular formula is C21H23ClN4O5S2. The van der Waals surface area contributed by atoms with Crippen LogP contribution in [0.25, 0.3) is 0 Å². The van der Waals surface area contributed by atoms with E-state index in [1.165, 1.54) is 0 Å². The van der Waals surface area contributed by atoms with E-state index in [1.807, 2.05) is 13.0 Å². The fraction of sp³-hybridized carbons (Fsp3) is 0.286. The number of sulfonamides is 1. The number of aliphatic hydroxyl groups excluding tert-OH is 1. The minimum atomic E-state index is -4.25. The number of aliphatic hydroxyl groups is 1. The highest BCUT2D eigenvalue weighted by Crippen LogP contribution is 2.35. The van der Waals surface area contributed by atoms with Crippen molar-refractivity contribution in [3.8, 4) is 0 Å². The van der Waals surface area contributed by atoms with E-state index in [1.54, 1.807) is 33.8 Å². The van der Waals surface area contributed by atoms with Crippen LogP contribution in [0.3, 0.4) is 0 Å². The summed E-state index contributed by atoms with van der Waals surface area (Å²) < 4.78 is 33.6. The standard InChI is InChI=1S/C21H23ClN4O5S2/c1-9-6-10(2)17(14(7-9)15(23)8-27)24-20(28)18-19(11(3)13(5)32-18)33(29,30)26-21-16(22)12(4)25-31-21/h6-7,23,26-27H,8H2,1-5H3,(H,24,28). The molecule has 0 saturated heterocycles. The van der Waals surface area contributed by atoms with Gasteiger partial charge in [0.05, 0.1) is 18.0 Å². The van der Waals surface area contributed by atoms with Gasteiger partial charge in [-0.05, 0) is 51.8 Å². The molecule has 176 valence electrons. The molecule has 0 bridgehead atoms. The zero-order valence-electron chi connectivity index (χ0n) is 18.6. The van der Waals surface area contributed by atoms with Crippen molar-refractivity contribution in [3.63, 3.8) is 0 Å². The summed E-state index contributed by atoms with van der Waals surface area (Å²) in [5.74, 6) is -0.896. The molecular weight excluding hydrogens is 488 g/mol. The number of aromatic nitrogens is 1. The maximum Gasteiger partial charge on any atom is 0.267 e. The van der Waals surface area contributed by atoms with Gasteiger partial charge in [0.1, 0.15) is 20.5 Å². The van der Waals surface area contributed by atoms with Gasteiger partial charge in [0, 0.05) is 10.4 Å². The number of benzene rings is 1. The van der Waals surface area contributed by atoms with Gasteiger partial charge in [-0.1, -0.05) is 28.4 Å². The van der Waals surface area contributed by atoms with Crippen molar-refractivity contribution < 1.29 is 22.8 Å². The van der Waals surface area contributed by atoms with E-state index in [-0.39, 0.29) is 26.4 Å². The summed E-state index contributed by atoms with van der Waals surface area (Å²) in [5.41, 5.74) is 2.88. The highest BCUT2D eigenvalue weighted by Gasteiger charge is 2.31. The first-order chi connectivity index (χ1) is 15.4. The minimum absolute atomic E-state index is 0.0246. The van der Waals surface area contributed by atoms with E-state index in [0.717, 1.165) is 16.9 Å². The molecule has 2 aromatic heterocycles. The Bertz CT molecular complexity index is 1380. The molecule has 0 saturated carbocycles. The number of nitrogens with one attached hydrogen (secondary N) is 3. The summed E-state index contributed by atoms with van der Waals surface area (Å²) in [6.45, 7) is 7.97. The Hall–Kier alpha value is -2.73.